The molecule has 1 spiro atoms. The lowest BCUT2D eigenvalue weighted by Crippen LogP contribution is -2.62. The summed E-state index contributed by atoms with van der Waals surface area (Å²) in [5, 5.41) is 20.4. The van der Waals surface area contributed by atoms with Gasteiger partial charge < -0.3 is 20.0 Å². The number of aliphatic carboxylic acids is 1. The van der Waals surface area contributed by atoms with Crippen LogP contribution >= 0.6 is 11.8 Å². The fourth-order valence-electron chi connectivity index (χ4n) is 6.52. The van der Waals surface area contributed by atoms with Gasteiger partial charge in [-0.05, 0) is 45.1 Å². The van der Waals surface area contributed by atoms with Gasteiger partial charge in [0, 0.05) is 17.3 Å². The van der Waals surface area contributed by atoms with Crippen molar-refractivity contribution in [2.75, 3.05) is 13.2 Å². The predicted octanol–water partition coefficient (Wildman–Crippen LogP) is 2.82. The van der Waals surface area contributed by atoms with Gasteiger partial charge in [-0.25, -0.2) is 0 Å². The minimum Gasteiger partial charge on any atom is -0.481 e. The fourth-order valence-corrected chi connectivity index (χ4v) is 8.92. The maximum atomic E-state index is 14.4. The van der Waals surface area contributed by atoms with Crippen LogP contribution in [0.15, 0.2) is 43.0 Å². The molecule has 3 unspecified atom stereocenters. The van der Waals surface area contributed by atoms with Gasteiger partial charge in [-0.3, -0.25) is 14.4 Å². The zero-order chi connectivity index (χ0) is 25.7. The van der Waals surface area contributed by atoms with Crippen LogP contribution in [0.5, 0.6) is 0 Å². The van der Waals surface area contributed by atoms with Gasteiger partial charge in [0.15, 0.2) is 0 Å². The standard InChI is InChI=1S/C27H36N2O5S/c1-6-12-28(26(3,4)5)24(32)22-27-16(2)13-19(35-27)20(25(33)34)21(27)23(31)29(22)18(15-30)14-17-10-8-7-9-11-17/h6-11,16,18-22,30H,1,12-15H2,2-5H3,(H,33,34)/t16?,18-,19-,20+,21+,22?,27?/m1/s1. The van der Waals surface area contributed by atoms with Crippen LogP contribution < -0.4 is 0 Å². The van der Waals surface area contributed by atoms with E-state index in [2.05, 4.69) is 6.58 Å². The van der Waals surface area contributed by atoms with E-state index in [1.54, 1.807) is 15.9 Å². The molecular weight excluding hydrogens is 464 g/mol. The van der Waals surface area contributed by atoms with E-state index in [-0.39, 0.29) is 29.6 Å². The van der Waals surface area contributed by atoms with E-state index in [1.807, 2.05) is 58.0 Å². The molecule has 1 aromatic rings. The second kappa shape index (κ2) is 9.28. The van der Waals surface area contributed by atoms with Gasteiger partial charge >= 0.3 is 5.97 Å². The Balaban J connectivity index is 1.85. The SMILES string of the molecule is C=CCN(C(=O)C1N([C@@H](CO)Cc2ccccc2)C(=O)[C@@H]2[C@@H](C(=O)O)[C@H]3CC(C)C12S3)C(C)(C)C. The average Bonchev–Trinajstić information content (AvgIpc) is 3.39. The van der Waals surface area contributed by atoms with Crippen LogP contribution in [-0.4, -0.2) is 78.6 Å². The maximum Gasteiger partial charge on any atom is 0.308 e. The van der Waals surface area contributed by atoms with Gasteiger partial charge in [0.25, 0.3) is 0 Å². The summed E-state index contributed by atoms with van der Waals surface area (Å²) in [5.41, 5.74) is 0.415. The van der Waals surface area contributed by atoms with E-state index in [9.17, 15) is 24.6 Å². The number of nitrogens with zero attached hydrogens (tertiary/aromatic N) is 2. The number of hydrogen-bond donors (Lipinski definition) is 2. The highest BCUT2D eigenvalue weighted by Crippen LogP contribution is 2.69. The molecule has 3 saturated heterocycles. The van der Waals surface area contributed by atoms with Gasteiger partial charge in [0.1, 0.15) is 6.04 Å². The van der Waals surface area contributed by atoms with E-state index >= 15 is 0 Å². The van der Waals surface area contributed by atoms with Crippen LogP contribution in [-0.2, 0) is 20.8 Å². The summed E-state index contributed by atoms with van der Waals surface area (Å²) in [6.07, 6.45) is 2.71. The molecule has 3 heterocycles. The third kappa shape index (κ3) is 3.99. The molecule has 3 fully saturated rings. The summed E-state index contributed by atoms with van der Waals surface area (Å²) >= 11 is 1.52. The van der Waals surface area contributed by atoms with Crippen LogP contribution in [0.4, 0.5) is 0 Å². The highest BCUT2D eigenvalue weighted by Gasteiger charge is 2.77. The lowest BCUT2D eigenvalue weighted by atomic mass is 9.66. The van der Waals surface area contributed by atoms with Gasteiger partial charge in [-0.15, -0.1) is 18.3 Å². The van der Waals surface area contributed by atoms with E-state index in [0.29, 0.717) is 19.4 Å². The Morgan fingerprint density at radius 2 is 1.97 bits per heavy atom. The van der Waals surface area contributed by atoms with Crippen LogP contribution in [0.1, 0.15) is 39.7 Å². The quantitative estimate of drug-likeness (QED) is 0.533. The van der Waals surface area contributed by atoms with E-state index in [0.717, 1.165) is 5.56 Å². The van der Waals surface area contributed by atoms with Gasteiger partial charge in [-0.1, -0.05) is 43.3 Å². The summed E-state index contributed by atoms with van der Waals surface area (Å²) in [6.45, 7) is 11.7. The van der Waals surface area contributed by atoms with Crippen molar-refractivity contribution in [1.82, 2.24) is 9.80 Å². The number of amides is 2. The van der Waals surface area contributed by atoms with Crippen molar-refractivity contribution in [3.63, 3.8) is 0 Å². The number of aliphatic hydroxyl groups is 1. The lowest BCUT2D eigenvalue weighted by Gasteiger charge is -2.45. The third-order valence-corrected chi connectivity index (χ3v) is 10.1. The minimum absolute atomic E-state index is 0.0115. The highest BCUT2D eigenvalue weighted by molar-refractivity contribution is 8.02. The van der Waals surface area contributed by atoms with Crippen LogP contribution in [0.25, 0.3) is 0 Å². The first-order valence-electron chi connectivity index (χ1n) is 12.3. The number of carboxylic acid groups (broad SMARTS) is 1. The smallest absolute Gasteiger partial charge is 0.308 e. The summed E-state index contributed by atoms with van der Waals surface area (Å²) in [4.78, 5) is 44.2. The first kappa shape index (κ1) is 25.8. The largest absolute Gasteiger partial charge is 0.481 e. The van der Waals surface area contributed by atoms with Crippen molar-refractivity contribution >= 4 is 29.5 Å². The number of aliphatic hydroxyl groups excluding tert-OH is 1. The number of rotatable bonds is 8. The first-order valence-corrected chi connectivity index (χ1v) is 13.2. The Hall–Kier alpha value is -2.32. The molecule has 1 aromatic carbocycles. The molecule has 0 radical (unpaired) electrons. The molecule has 7 nitrogen and oxygen atoms in total. The third-order valence-electron chi connectivity index (χ3n) is 8.01. The van der Waals surface area contributed by atoms with Crippen molar-refractivity contribution in [2.24, 2.45) is 17.8 Å². The van der Waals surface area contributed by atoms with E-state index < -0.39 is 40.2 Å². The Labute approximate surface area is 211 Å². The fraction of sp³-hybridized carbons (Fsp3) is 0.593. The molecule has 8 heteroatoms. The zero-order valence-electron chi connectivity index (χ0n) is 20.9. The zero-order valence-corrected chi connectivity index (χ0v) is 21.7. The second-order valence-electron chi connectivity index (χ2n) is 11.1. The molecule has 2 N–H and O–H groups in total. The number of carbonyl (C=O) groups excluding carboxylic acids is 2. The molecule has 3 aliphatic heterocycles. The molecule has 190 valence electrons. The summed E-state index contributed by atoms with van der Waals surface area (Å²) < 4.78 is -0.837. The predicted molar refractivity (Wildman–Crippen MR) is 136 cm³/mol. The Kier molecular flexibility index (Phi) is 6.83. The number of hydrogen-bond acceptors (Lipinski definition) is 5. The molecule has 7 atom stereocenters. The molecular formula is C27H36N2O5S. The van der Waals surface area contributed by atoms with Crippen LogP contribution in [0.2, 0.25) is 0 Å². The van der Waals surface area contributed by atoms with Gasteiger partial charge in [0.05, 0.1) is 29.2 Å². The molecule has 0 saturated carbocycles. The van der Waals surface area contributed by atoms with Crippen molar-refractivity contribution in [1.29, 1.82) is 0 Å². The first-order chi connectivity index (χ1) is 16.5. The maximum absolute atomic E-state index is 14.4. The van der Waals surface area contributed by atoms with Gasteiger partial charge in [-0.2, -0.15) is 0 Å². The number of carbonyl (C=O) groups is 3. The molecule has 2 bridgehead atoms. The highest BCUT2D eigenvalue weighted by atomic mass is 32.2. The number of benzene rings is 1. The molecule has 3 aliphatic rings. The van der Waals surface area contributed by atoms with Crippen LogP contribution in [0.3, 0.4) is 0 Å². The topological polar surface area (TPSA) is 98.2 Å². The molecule has 0 aromatic heterocycles. The molecule has 4 rings (SSSR count). The molecule has 35 heavy (non-hydrogen) atoms. The Morgan fingerprint density at radius 1 is 1.31 bits per heavy atom. The van der Waals surface area contributed by atoms with Crippen molar-refractivity contribution in [3.05, 3.63) is 48.6 Å². The van der Waals surface area contributed by atoms with Gasteiger partial charge in [0.2, 0.25) is 11.8 Å². The summed E-state index contributed by atoms with van der Waals surface area (Å²) in [6, 6.07) is 8.08. The molecule has 0 aliphatic carbocycles. The normalized spacial score (nSPS) is 32.4. The minimum atomic E-state index is -0.981. The monoisotopic (exact) mass is 500 g/mol. The van der Waals surface area contributed by atoms with E-state index in [1.165, 1.54) is 11.8 Å². The average molecular weight is 501 g/mol. The summed E-state index contributed by atoms with van der Waals surface area (Å²) in [7, 11) is 0. The number of fused-ring (bicyclic) bond motifs is 1. The van der Waals surface area contributed by atoms with Crippen molar-refractivity contribution in [2.45, 2.75) is 68.2 Å². The van der Waals surface area contributed by atoms with Crippen LogP contribution in [0, 0.1) is 17.8 Å². The Morgan fingerprint density at radius 3 is 2.51 bits per heavy atom. The second-order valence-corrected chi connectivity index (χ2v) is 12.6. The lowest BCUT2D eigenvalue weighted by molar-refractivity contribution is -0.150. The number of carboxylic acids is 1. The number of thioether (sulfide) groups is 1. The summed E-state index contributed by atoms with van der Waals surface area (Å²) in [5.74, 6) is -3.14. The number of likely N-dealkylation sites (tertiary alicyclic amines) is 1. The molecule has 2 amide bonds. The van der Waals surface area contributed by atoms with E-state index in [4.69, 9.17) is 0 Å². The Bertz CT molecular complexity index is 1010. The van der Waals surface area contributed by atoms with Crippen molar-refractivity contribution in [3.8, 4) is 0 Å². The van der Waals surface area contributed by atoms with Crippen molar-refractivity contribution < 1.29 is 24.6 Å².